The van der Waals surface area contributed by atoms with E-state index in [1.807, 2.05) is 17.5 Å². The third-order valence-corrected chi connectivity index (χ3v) is 4.44. The van der Waals surface area contributed by atoms with Crippen molar-refractivity contribution in [2.45, 2.75) is 19.4 Å². The number of hydrogen-bond donors (Lipinski definition) is 3. The summed E-state index contributed by atoms with van der Waals surface area (Å²) in [5, 5.41) is 17.6. The quantitative estimate of drug-likeness (QED) is 0.705. The molecule has 2 amide bonds. The number of carbonyl (C=O) groups excluding carboxylic acids is 2. The average molecular weight is 344 g/mol. The van der Waals surface area contributed by atoms with Crippen LogP contribution in [0.4, 0.5) is 5.69 Å². The fourth-order valence-corrected chi connectivity index (χ4v) is 2.83. The van der Waals surface area contributed by atoms with Crippen LogP contribution in [-0.4, -0.2) is 23.5 Å². The third kappa shape index (κ3) is 5.33. The van der Waals surface area contributed by atoms with Gasteiger partial charge in [-0.3, -0.25) is 9.59 Å². The van der Waals surface area contributed by atoms with E-state index in [1.165, 1.54) is 24.3 Å². The molecule has 1 aromatic carbocycles. The largest absolute Gasteiger partial charge is 0.383 e. The van der Waals surface area contributed by atoms with Gasteiger partial charge in [0.05, 0.1) is 6.54 Å². The molecule has 0 fully saturated rings. The zero-order valence-electron chi connectivity index (χ0n) is 13.6. The molecule has 6 heteroatoms. The second kappa shape index (κ2) is 7.90. The summed E-state index contributed by atoms with van der Waals surface area (Å²) in [6, 6.07) is 10.8. The molecule has 0 aliphatic heterocycles. The van der Waals surface area contributed by atoms with Gasteiger partial charge in [-0.2, -0.15) is 0 Å². The van der Waals surface area contributed by atoms with E-state index < -0.39 is 5.60 Å². The first-order valence-corrected chi connectivity index (χ1v) is 8.35. The summed E-state index contributed by atoms with van der Waals surface area (Å²) in [5.41, 5.74) is 0.456. The molecule has 0 saturated heterocycles. The van der Waals surface area contributed by atoms with Gasteiger partial charge < -0.3 is 15.7 Å². The zero-order chi connectivity index (χ0) is 17.6. The maximum atomic E-state index is 11.9. The molecule has 0 saturated carbocycles. The first-order valence-electron chi connectivity index (χ1n) is 7.47. The normalized spacial score (nSPS) is 13.5. The molecule has 2 rings (SSSR count). The minimum Gasteiger partial charge on any atom is -0.383 e. The van der Waals surface area contributed by atoms with Crippen molar-refractivity contribution in [1.29, 1.82) is 0 Å². The number of thiophene rings is 1. The highest BCUT2D eigenvalue weighted by Gasteiger charge is 2.24. The van der Waals surface area contributed by atoms with Gasteiger partial charge in [0, 0.05) is 23.6 Å². The minimum atomic E-state index is -1.09. The van der Waals surface area contributed by atoms with Crippen molar-refractivity contribution in [3.8, 4) is 0 Å². The number of anilines is 1. The van der Waals surface area contributed by atoms with E-state index in [-0.39, 0.29) is 18.4 Å². The SMILES string of the molecule is CC(=O)Nc1ccc(/C=C/C(=O)NCC(C)(O)c2cccs2)cc1. The fourth-order valence-electron chi connectivity index (χ4n) is 2.04. The summed E-state index contributed by atoms with van der Waals surface area (Å²) in [6.45, 7) is 3.25. The number of carbonyl (C=O) groups is 2. The second-order valence-electron chi connectivity index (χ2n) is 5.61. The van der Waals surface area contributed by atoms with Crippen molar-refractivity contribution in [2.24, 2.45) is 0 Å². The zero-order valence-corrected chi connectivity index (χ0v) is 14.4. The van der Waals surface area contributed by atoms with Crippen LogP contribution in [0.2, 0.25) is 0 Å². The van der Waals surface area contributed by atoms with Crippen LogP contribution < -0.4 is 10.6 Å². The minimum absolute atomic E-state index is 0.129. The smallest absolute Gasteiger partial charge is 0.244 e. The molecule has 1 atom stereocenters. The molecule has 0 aliphatic carbocycles. The van der Waals surface area contributed by atoms with E-state index in [0.29, 0.717) is 5.69 Å². The van der Waals surface area contributed by atoms with Gasteiger partial charge in [0.25, 0.3) is 0 Å². The summed E-state index contributed by atoms with van der Waals surface area (Å²) < 4.78 is 0. The number of nitrogens with one attached hydrogen (secondary N) is 2. The molecule has 1 heterocycles. The molecule has 24 heavy (non-hydrogen) atoms. The number of rotatable bonds is 6. The van der Waals surface area contributed by atoms with E-state index in [0.717, 1.165) is 10.4 Å². The lowest BCUT2D eigenvalue weighted by atomic mass is 10.1. The maximum absolute atomic E-state index is 11.9. The highest BCUT2D eigenvalue weighted by Crippen LogP contribution is 2.24. The van der Waals surface area contributed by atoms with Crippen LogP contribution in [0, 0.1) is 0 Å². The molecule has 0 aliphatic rings. The Balaban J connectivity index is 1.87. The van der Waals surface area contributed by atoms with Crippen LogP contribution in [0.5, 0.6) is 0 Å². The van der Waals surface area contributed by atoms with E-state index in [9.17, 15) is 14.7 Å². The van der Waals surface area contributed by atoms with Crippen molar-refractivity contribution >= 4 is 34.9 Å². The first kappa shape index (κ1) is 17.9. The molecule has 0 radical (unpaired) electrons. The fraction of sp³-hybridized carbons (Fsp3) is 0.222. The summed E-state index contributed by atoms with van der Waals surface area (Å²) >= 11 is 1.45. The monoisotopic (exact) mass is 344 g/mol. The topological polar surface area (TPSA) is 78.4 Å². The number of hydrogen-bond acceptors (Lipinski definition) is 4. The Morgan fingerprint density at radius 3 is 2.54 bits per heavy atom. The lowest BCUT2D eigenvalue weighted by Gasteiger charge is -2.21. The predicted octanol–water partition coefficient (Wildman–Crippen LogP) is 2.74. The first-order chi connectivity index (χ1) is 11.4. The highest BCUT2D eigenvalue weighted by atomic mass is 32.1. The molecule has 3 N–H and O–H groups in total. The van der Waals surface area contributed by atoms with Crippen molar-refractivity contribution in [2.75, 3.05) is 11.9 Å². The van der Waals surface area contributed by atoms with Crippen LogP contribution in [-0.2, 0) is 15.2 Å². The predicted molar refractivity (Wildman–Crippen MR) is 96.7 cm³/mol. The second-order valence-corrected chi connectivity index (χ2v) is 6.55. The van der Waals surface area contributed by atoms with Crippen molar-refractivity contribution in [3.05, 3.63) is 58.3 Å². The Morgan fingerprint density at radius 2 is 1.96 bits per heavy atom. The summed E-state index contributed by atoms with van der Waals surface area (Å²) in [7, 11) is 0. The van der Waals surface area contributed by atoms with E-state index in [2.05, 4.69) is 10.6 Å². The average Bonchev–Trinajstić information content (AvgIpc) is 3.07. The van der Waals surface area contributed by atoms with Gasteiger partial charge in [0.2, 0.25) is 11.8 Å². The Morgan fingerprint density at radius 1 is 1.25 bits per heavy atom. The lowest BCUT2D eigenvalue weighted by Crippen LogP contribution is -2.37. The van der Waals surface area contributed by atoms with Gasteiger partial charge >= 0.3 is 0 Å². The third-order valence-electron chi connectivity index (χ3n) is 3.32. The van der Waals surface area contributed by atoms with Gasteiger partial charge in [-0.1, -0.05) is 18.2 Å². The summed E-state index contributed by atoms with van der Waals surface area (Å²) in [4.78, 5) is 23.6. The molecule has 1 aromatic heterocycles. The molecule has 0 bridgehead atoms. The van der Waals surface area contributed by atoms with Gasteiger partial charge in [-0.05, 0) is 42.1 Å². The number of benzene rings is 1. The van der Waals surface area contributed by atoms with Gasteiger partial charge in [0.1, 0.15) is 5.60 Å². The molecule has 0 spiro atoms. The molecule has 2 aromatic rings. The molecular formula is C18H20N2O3S. The van der Waals surface area contributed by atoms with Gasteiger partial charge in [-0.15, -0.1) is 11.3 Å². The maximum Gasteiger partial charge on any atom is 0.244 e. The van der Waals surface area contributed by atoms with Crippen LogP contribution in [0.25, 0.3) is 6.08 Å². The van der Waals surface area contributed by atoms with Crippen molar-refractivity contribution in [3.63, 3.8) is 0 Å². The van der Waals surface area contributed by atoms with Crippen molar-refractivity contribution in [1.82, 2.24) is 5.32 Å². The van der Waals surface area contributed by atoms with Gasteiger partial charge in [0.15, 0.2) is 0 Å². The summed E-state index contributed by atoms with van der Waals surface area (Å²) in [6.07, 6.45) is 3.09. The lowest BCUT2D eigenvalue weighted by molar-refractivity contribution is -0.117. The Bertz CT molecular complexity index is 719. The molecular weight excluding hydrogens is 324 g/mol. The van der Waals surface area contributed by atoms with E-state index >= 15 is 0 Å². The highest BCUT2D eigenvalue weighted by molar-refractivity contribution is 7.10. The Kier molecular flexibility index (Phi) is 5.89. The van der Waals surface area contributed by atoms with Crippen LogP contribution >= 0.6 is 11.3 Å². The molecule has 1 unspecified atom stereocenters. The van der Waals surface area contributed by atoms with Crippen LogP contribution in [0.3, 0.4) is 0 Å². The van der Waals surface area contributed by atoms with Crippen LogP contribution in [0.15, 0.2) is 47.9 Å². The summed E-state index contributed by atoms with van der Waals surface area (Å²) in [5.74, 6) is -0.409. The number of amides is 2. The number of aliphatic hydroxyl groups is 1. The van der Waals surface area contributed by atoms with Crippen molar-refractivity contribution < 1.29 is 14.7 Å². The van der Waals surface area contributed by atoms with Crippen LogP contribution in [0.1, 0.15) is 24.3 Å². The molecule has 126 valence electrons. The van der Waals surface area contributed by atoms with Gasteiger partial charge in [-0.25, -0.2) is 0 Å². The van der Waals surface area contributed by atoms with E-state index in [4.69, 9.17) is 0 Å². The Labute approximate surface area is 145 Å². The molecule has 5 nitrogen and oxygen atoms in total. The Hall–Kier alpha value is -2.44. The van der Waals surface area contributed by atoms with E-state index in [1.54, 1.807) is 37.3 Å². The standard InChI is InChI=1S/C18H20N2O3S/c1-13(21)20-15-8-5-14(6-9-15)7-10-17(22)19-12-18(2,23)16-4-3-11-24-16/h3-11,23H,12H2,1-2H3,(H,19,22)(H,20,21)/b10-7+.